The Bertz CT molecular complexity index is 632. The fourth-order valence-electron chi connectivity index (χ4n) is 1.73. The molecule has 1 atom stereocenters. The van der Waals surface area contributed by atoms with E-state index in [1.165, 1.54) is 12.1 Å². The van der Waals surface area contributed by atoms with E-state index in [-0.39, 0.29) is 0 Å². The van der Waals surface area contributed by atoms with E-state index in [1.54, 1.807) is 24.3 Å². The van der Waals surface area contributed by atoms with E-state index in [9.17, 15) is 9.18 Å². The maximum atomic E-state index is 13.3. The second-order valence-electron chi connectivity index (χ2n) is 4.20. The van der Waals surface area contributed by atoms with Gasteiger partial charge in [-0.15, -0.1) is 0 Å². The van der Waals surface area contributed by atoms with Crippen LogP contribution in [0.25, 0.3) is 0 Å². The highest BCUT2D eigenvalue weighted by atomic mass is 35.5. The molecule has 20 heavy (non-hydrogen) atoms. The third-order valence-electron chi connectivity index (χ3n) is 2.74. The molecule has 0 spiro atoms. The minimum Gasteiger partial charge on any atom is -0.505 e. The highest BCUT2D eigenvalue weighted by Gasteiger charge is 2.19. The van der Waals surface area contributed by atoms with E-state index >= 15 is 0 Å². The van der Waals surface area contributed by atoms with Crippen LogP contribution in [-0.4, -0.2) is 11.0 Å². The molecular formula is C14H12ClFN2O2. The van der Waals surface area contributed by atoms with Gasteiger partial charge in [0.2, 0.25) is 5.91 Å². The molecule has 1 amide bonds. The number of phenolic OH excluding ortho intramolecular Hbond substituents is 1. The molecule has 0 aliphatic carbocycles. The summed E-state index contributed by atoms with van der Waals surface area (Å²) in [5.74, 6) is -1.96. The second kappa shape index (κ2) is 5.79. The average Bonchev–Trinajstić information content (AvgIpc) is 2.41. The van der Waals surface area contributed by atoms with Crippen molar-refractivity contribution in [1.82, 2.24) is 0 Å². The summed E-state index contributed by atoms with van der Waals surface area (Å²) < 4.78 is 13.3. The largest absolute Gasteiger partial charge is 0.505 e. The minimum atomic E-state index is -0.911. The number of nitrogens with one attached hydrogen (secondary N) is 1. The Balaban J connectivity index is 2.29. The third-order valence-corrected chi connectivity index (χ3v) is 3.00. The van der Waals surface area contributed by atoms with Gasteiger partial charge in [-0.25, -0.2) is 4.39 Å². The Hall–Kier alpha value is -2.27. The van der Waals surface area contributed by atoms with Crippen LogP contribution in [0.1, 0.15) is 11.6 Å². The van der Waals surface area contributed by atoms with Crippen LogP contribution in [0.5, 0.6) is 5.75 Å². The number of carbonyl (C=O) groups is 1. The lowest BCUT2D eigenvalue weighted by atomic mass is 10.1. The zero-order valence-corrected chi connectivity index (χ0v) is 11.1. The molecule has 2 rings (SSSR count). The van der Waals surface area contributed by atoms with Crippen molar-refractivity contribution in [2.45, 2.75) is 6.04 Å². The zero-order chi connectivity index (χ0) is 14.7. The SMILES string of the molecule is NC(=O)C(Nc1ccc(Cl)cc1)c1ccc(O)c(F)c1. The van der Waals surface area contributed by atoms with E-state index < -0.39 is 23.5 Å². The summed E-state index contributed by atoms with van der Waals surface area (Å²) in [4.78, 5) is 11.5. The van der Waals surface area contributed by atoms with Gasteiger partial charge in [-0.1, -0.05) is 17.7 Å². The normalized spacial score (nSPS) is 11.9. The lowest BCUT2D eigenvalue weighted by molar-refractivity contribution is -0.118. The zero-order valence-electron chi connectivity index (χ0n) is 10.3. The topological polar surface area (TPSA) is 75.4 Å². The van der Waals surface area contributed by atoms with Gasteiger partial charge in [-0.2, -0.15) is 0 Å². The maximum Gasteiger partial charge on any atom is 0.244 e. The van der Waals surface area contributed by atoms with Crippen molar-refractivity contribution in [1.29, 1.82) is 0 Å². The average molecular weight is 295 g/mol. The van der Waals surface area contributed by atoms with Crippen LogP contribution in [0.15, 0.2) is 42.5 Å². The Labute approximate surface area is 120 Å². The van der Waals surface area contributed by atoms with Crippen LogP contribution < -0.4 is 11.1 Å². The molecule has 104 valence electrons. The number of carbonyl (C=O) groups excluding carboxylic acids is 1. The molecule has 0 saturated carbocycles. The molecule has 0 saturated heterocycles. The van der Waals surface area contributed by atoms with E-state index in [0.29, 0.717) is 16.3 Å². The van der Waals surface area contributed by atoms with E-state index in [4.69, 9.17) is 22.4 Å². The van der Waals surface area contributed by atoms with Crippen LogP contribution in [0.4, 0.5) is 10.1 Å². The van der Waals surface area contributed by atoms with Crippen LogP contribution in [0.2, 0.25) is 5.02 Å². The molecule has 0 radical (unpaired) electrons. The predicted molar refractivity (Wildman–Crippen MR) is 75.1 cm³/mol. The summed E-state index contributed by atoms with van der Waals surface area (Å²) in [6.45, 7) is 0. The van der Waals surface area contributed by atoms with Gasteiger partial charge < -0.3 is 16.2 Å². The Morgan fingerprint density at radius 3 is 2.45 bits per heavy atom. The Morgan fingerprint density at radius 1 is 1.25 bits per heavy atom. The van der Waals surface area contributed by atoms with Gasteiger partial charge in [0, 0.05) is 10.7 Å². The standard InChI is InChI=1S/C14H12ClFN2O2/c15-9-2-4-10(5-3-9)18-13(14(17)20)8-1-6-12(19)11(16)7-8/h1-7,13,18-19H,(H2,17,20). The van der Waals surface area contributed by atoms with E-state index in [1.807, 2.05) is 0 Å². The molecular weight excluding hydrogens is 283 g/mol. The number of rotatable bonds is 4. The minimum absolute atomic E-state index is 0.322. The second-order valence-corrected chi connectivity index (χ2v) is 4.63. The first-order chi connectivity index (χ1) is 9.47. The molecule has 0 bridgehead atoms. The van der Waals surface area contributed by atoms with Gasteiger partial charge in [0.15, 0.2) is 11.6 Å². The molecule has 0 fully saturated rings. The quantitative estimate of drug-likeness (QED) is 0.811. The Kier molecular flexibility index (Phi) is 4.10. The number of benzene rings is 2. The number of aromatic hydroxyl groups is 1. The molecule has 0 aromatic heterocycles. The van der Waals surface area contributed by atoms with Crippen molar-refractivity contribution in [2.24, 2.45) is 5.73 Å². The van der Waals surface area contributed by atoms with E-state index in [0.717, 1.165) is 6.07 Å². The number of hydrogen-bond donors (Lipinski definition) is 3. The fourth-order valence-corrected chi connectivity index (χ4v) is 1.86. The number of anilines is 1. The van der Waals surface area contributed by atoms with Crippen molar-refractivity contribution in [3.05, 3.63) is 58.9 Å². The van der Waals surface area contributed by atoms with Crippen LogP contribution >= 0.6 is 11.6 Å². The van der Waals surface area contributed by atoms with Gasteiger partial charge in [0.1, 0.15) is 6.04 Å². The lowest BCUT2D eigenvalue weighted by Crippen LogP contribution is -2.27. The first-order valence-electron chi connectivity index (χ1n) is 5.77. The summed E-state index contributed by atoms with van der Waals surface area (Å²) in [7, 11) is 0. The number of hydrogen-bond acceptors (Lipinski definition) is 3. The van der Waals surface area contributed by atoms with Crippen LogP contribution in [0.3, 0.4) is 0 Å². The van der Waals surface area contributed by atoms with Crippen LogP contribution in [0, 0.1) is 5.82 Å². The third kappa shape index (κ3) is 3.19. The summed E-state index contributed by atoms with van der Waals surface area (Å²) in [6.07, 6.45) is 0. The molecule has 2 aromatic rings. The van der Waals surface area contributed by atoms with Gasteiger partial charge in [0.25, 0.3) is 0 Å². The number of nitrogens with two attached hydrogens (primary N) is 1. The number of halogens is 2. The van der Waals surface area contributed by atoms with Crippen molar-refractivity contribution < 1.29 is 14.3 Å². The van der Waals surface area contributed by atoms with Gasteiger partial charge in [0.05, 0.1) is 0 Å². The van der Waals surface area contributed by atoms with Crippen molar-refractivity contribution in [3.63, 3.8) is 0 Å². The number of primary amides is 1. The summed E-state index contributed by atoms with van der Waals surface area (Å²) in [6, 6.07) is 9.41. The molecule has 4 nitrogen and oxygen atoms in total. The van der Waals surface area contributed by atoms with Gasteiger partial charge in [-0.3, -0.25) is 4.79 Å². The fraction of sp³-hybridized carbons (Fsp3) is 0.0714. The first kappa shape index (κ1) is 14.1. The van der Waals surface area contributed by atoms with Gasteiger partial charge >= 0.3 is 0 Å². The smallest absolute Gasteiger partial charge is 0.244 e. The van der Waals surface area contributed by atoms with Gasteiger partial charge in [-0.05, 0) is 42.0 Å². The molecule has 6 heteroatoms. The molecule has 0 aliphatic heterocycles. The molecule has 0 aliphatic rings. The Morgan fingerprint density at radius 2 is 1.90 bits per heavy atom. The van der Waals surface area contributed by atoms with Crippen molar-refractivity contribution in [3.8, 4) is 5.75 Å². The summed E-state index contributed by atoms with van der Waals surface area (Å²) in [5.41, 5.74) is 6.26. The molecule has 2 aromatic carbocycles. The van der Waals surface area contributed by atoms with Crippen molar-refractivity contribution in [2.75, 3.05) is 5.32 Å². The van der Waals surface area contributed by atoms with Crippen molar-refractivity contribution >= 4 is 23.2 Å². The maximum absolute atomic E-state index is 13.3. The first-order valence-corrected chi connectivity index (χ1v) is 6.15. The van der Waals surface area contributed by atoms with Crippen LogP contribution in [-0.2, 0) is 4.79 Å². The monoisotopic (exact) mass is 294 g/mol. The summed E-state index contributed by atoms with van der Waals surface area (Å²) in [5, 5.41) is 12.6. The van der Waals surface area contributed by atoms with E-state index in [2.05, 4.69) is 5.32 Å². The number of phenols is 1. The summed E-state index contributed by atoms with van der Waals surface area (Å²) >= 11 is 5.77. The molecule has 0 heterocycles. The predicted octanol–water partition coefficient (Wildman–Crippen LogP) is 2.82. The molecule has 4 N–H and O–H groups in total. The highest BCUT2D eigenvalue weighted by molar-refractivity contribution is 6.30. The lowest BCUT2D eigenvalue weighted by Gasteiger charge is -2.17. The highest BCUT2D eigenvalue weighted by Crippen LogP contribution is 2.24. The number of amides is 1. The molecule has 1 unspecified atom stereocenters.